The van der Waals surface area contributed by atoms with Gasteiger partial charge in [-0.2, -0.15) is 5.10 Å². The minimum absolute atomic E-state index is 0.0474. The second-order valence-corrected chi connectivity index (χ2v) is 9.61. The fourth-order valence-corrected chi connectivity index (χ4v) is 3.46. The SMILES string of the molecule is Cc1ccc(Nc2cc(=O)n(C)nc2C(=O)N2CC(O)(C(C)NC(=O)OC(C)(C)C)C2)c(F)c1. The number of carbonyl (C=O) groups is 2. The van der Waals surface area contributed by atoms with Crippen LogP contribution in [0.25, 0.3) is 0 Å². The van der Waals surface area contributed by atoms with Crippen LogP contribution in [0.3, 0.4) is 0 Å². The van der Waals surface area contributed by atoms with Crippen LogP contribution in [-0.2, 0) is 11.8 Å². The van der Waals surface area contributed by atoms with E-state index in [1.807, 2.05) is 0 Å². The molecule has 0 aliphatic carbocycles. The average molecular weight is 476 g/mol. The number of carbonyl (C=O) groups excluding carboxylic acids is 2. The Kier molecular flexibility index (Phi) is 6.70. The predicted octanol–water partition coefficient (Wildman–Crippen LogP) is 2.07. The van der Waals surface area contributed by atoms with Crippen LogP contribution < -0.4 is 16.2 Å². The summed E-state index contributed by atoms with van der Waals surface area (Å²) in [6.07, 6.45) is -0.676. The summed E-state index contributed by atoms with van der Waals surface area (Å²) in [7, 11) is 1.40. The first kappa shape index (κ1) is 25.2. The van der Waals surface area contributed by atoms with Crippen LogP contribution in [0.1, 0.15) is 43.7 Å². The summed E-state index contributed by atoms with van der Waals surface area (Å²) >= 11 is 0. The van der Waals surface area contributed by atoms with E-state index in [2.05, 4.69) is 15.7 Å². The molecule has 2 aromatic rings. The number of aryl methyl sites for hydroxylation is 2. The Hall–Kier alpha value is -3.47. The van der Waals surface area contributed by atoms with Crippen LogP contribution >= 0.6 is 0 Å². The summed E-state index contributed by atoms with van der Waals surface area (Å²) in [5.74, 6) is -1.10. The van der Waals surface area contributed by atoms with Gasteiger partial charge in [0.15, 0.2) is 5.69 Å². The second kappa shape index (κ2) is 9.05. The molecule has 0 spiro atoms. The molecule has 1 aliphatic rings. The van der Waals surface area contributed by atoms with Crippen LogP contribution in [0, 0.1) is 12.7 Å². The summed E-state index contributed by atoms with van der Waals surface area (Å²) in [6, 6.07) is 4.99. The number of ether oxygens (including phenoxy) is 1. The number of aliphatic hydroxyl groups is 1. The van der Waals surface area contributed by atoms with Gasteiger partial charge < -0.3 is 25.4 Å². The number of halogens is 1. The van der Waals surface area contributed by atoms with E-state index < -0.39 is 40.6 Å². The van der Waals surface area contributed by atoms with E-state index in [1.54, 1.807) is 40.7 Å². The molecule has 1 atom stereocenters. The highest BCUT2D eigenvalue weighted by atomic mass is 19.1. The van der Waals surface area contributed by atoms with Gasteiger partial charge in [0.05, 0.1) is 30.5 Å². The van der Waals surface area contributed by atoms with Crippen molar-refractivity contribution in [1.29, 1.82) is 0 Å². The van der Waals surface area contributed by atoms with Gasteiger partial charge in [0.1, 0.15) is 17.0 Å². The molecule has 2 amide bonds. The van der Waals surface area contributed by atoms with E-state index in [1.165, 1.54) is 24.1 Å². The average Bonchev–Trinajstić information content (AvgIpc) is 2.68. The summed E-state index contributed by atoms with van der Waals surface area (Å²) in [5, 5.41) is 20.3. The Labute approximate surface area is 196 Å². The number of nitrogens with zero attached hydrogens (tertiary/aromatic N) is 3. The zero-order valence-corrected chi connectivity index (χ0v) is 20.1. The van der Waals surface area contributed by atoms with E-state index in [0.717, 1.165) is 16.3 Å². The number of rotatable bonds is 5. The van der Waals surface area contributed by atoms with Crippen molar-refractivity contribution in [3.05, 3.63) is 51.7 Å². The molecule has 184 valence electrons. The third-order valence-corrected chi connectivity index (χ3v) is 5.44. The fraction of sp³-hybridized carbons (Fsp3) is 0.478. The van der Waals surface area contributed by atoms with Crippen LogP contribution in [0.5, 0.6) is 0 Å². The van der Waals surface area contributed by atoms with E-state index in [0.29, 0.717) is 0 Å². The molecule has 1 aromatic carbocycles. The van der Waals surface area contributed by atoms with Gasteiger partial charge in [-0.3, -0.25) is 9.59 Å². The first-order valence-corrected chi connectivity index (χ1v) is 10.8. The van der Waals surface area contributed by atoms with Crippen molar-refractivity contribution in [3.8, 4) is 0 Å². The fourth-order valence-electron chi connectivity index (χ4n) is 3.46. The number of amides is 2. The molecule has 0 bridgehead atoms. The lowest BCUT2D eigenvalue weighted by atomic mass is 9.86. The number of aromatic nitrogens is 2. The number of benzene rings is 1. The Balaban J connectivity index is 1.76. The maximum absolute atomic E-state index is 14.3. The van der Waals surface area contributed by atoms with Crippen molar-refractivity contribution in [3.63, 3.8) is 0 Å². The van der Waals surface area contributed by atoms with Gasteiger partial charge in [-0.05, 0) is 52.3 Å². The molecule has 2 heterocycles. The van der Waals surface area contributed by atoms with Gasteiger partial charge in [0.2, 0.25) is 0 Å². The number of hydrogen-bond acceptors (Lipinski definition) is 7. The quantitative estimate of drug-likeness (QED) is 0.604. The molecule has 1 unspecified atom stereocenters. The highest BCUT2D eigenvalue weighted by Gasteiger charge is 2.49. The number of hydrogen-bond donors (Lipinski definition) is 3. The standard InChI is InChI=1S/C23H30FN5O5/c1-13-7-8-16(15(24)9-13)26-17-10-18(30)28(6)27-19(17)20(31)29-11-23(33,12-29)14(2)25-21(32)34-22(3,4)5/h7-10,14,26,33H,11-12H2,1-6H3,(H,25,32). The van der Waals surface area contributed by atoms with E-state index in [9.17, 15) is 23.9 Å². The Morgan fingerprint density at radius 3 is 2.47 bits per heavy atom. The summed E-state index contributed by atoms with van der Waals surface area (Å²) < 4.78 is 20.6. The van der Waals surface area contributed by atoms with Crippen LogP contribution in [0.15, 0.2) is 29.1 Å². The highest BCUT2D eigenvalue weighted by molar-refractivity contribution is 5.98. The first-order chi connectivity index (χ1) is 15.7. The lowest BCUT2D eigenvalue weighted by molar-refractivity contribution is -0.100. The van der Waals surface area contributed by atoms with E-state index in [4.69, 9.17) is 4.74 Å². The minimum Gasteiger partial charge on any atom is -0.444 e. The Morgan fingerprint density at radius 2 is 1.88 bits per heavy atom. The molecule has 1 fully saturated rings. The molecule has 34 heavy (non-hydrogen) atoms. The summed E-state index contributed by atoms with van der Waals surface area (Å²) in [5.41, 5.74) is -1.79. The molecular formula is C23H30FN5O5. The van der Waals surface area contributed by atoms with Crippen molar-refractivity contribution >= 4 is 23.4 Å². The van der Waals surface area contributed by atoms with Crippen LogP contribution in [-0.4, -0.2) is 62.1 Å². The molecule has 1 saturated heterocycles. The molecule has 0 saturated carbocycles. The van der Waals surface area contributed by atoms with E-state index >= 15 is 0 Å². The smallest absolute Gasteiger partial charge is 0.407 e. The summed E-state index contributed by atoms with van der Waals surface area (Å²) in [6.45, 7) is 8.38. The number of alkyl carbamates (subject to hydrolysis) is 1. The van der Waals surface area contributed by atoms with Crippen LogP contribution in [0.2, 0.25) is 0 Å². The summed E-state index contributed by atoms with van der Waals surface area (Å²) in [4.78, 5) is 38.6. The first-order valence-electron chi connectivity index (χ1n) is 10.8. The zero-order valence-electron chi connectivity index (χ0n) is 20.1. The van der Waals surface area contributed by atoms with E-state index in [-0.39, 0.29) is 30.2 Å². The molecule has 3 N–H and O–H groups in total. The number of nitrogens with one attached hydrogen (secondary N) is 2. The minimum atomic E-state index is -1.37. The molecular weight excluding hydrogens is 445 g/mol. The Bertz CT molecular complexity index is 1170. The largest absolute Gasteiger partial charge is 0.444 e. The van der Waals surface area contributed by atoms with Crippen molar-refractivity contribution in [2.45, 2.75) is 51.9 Å². The van der Waals surface area contributed by atoms with Gasteiger partial charge in [-0.25, -0.2) is 13.9 Å². The number of β-amino-alcohol motifs (C(OH)–C–C–N with tert-alkyl or cyclic N) is 1. The van der Waals surface area contributed by atoms with Gasteiger partial charge in [0.25, 0.3) is 11.5 Å². The maximum atomic E-state index is 14.3. The van der Waals surface area contributed by atoms with Crippen molar-refractivity contribution < 1.29 is 23.8 Å². The number of anilines is 2. The van der Waals surface area contributed by atoms with Crippen LogP contribution in [0.4, 0.5) is 20.6 Å². The number of likely N-dealkylation sites (tertiary alicyclic amines) is 1. The predicted molar refractivity (Wildman–Crippen MR) is 124 cm³/mol. The molecule has 10 nitrogen and oxygen atoms in total. The zero-order chi connectivity index (χ0) is 25.4. The lowest BCUT2D eigenvalue weighted by Crippen LogP contribution is -2.71. The molecule has 11 heteroatoms. The monoisotopic (exact) mass is 475 g/mol. The molecule has 0 radical (unpaired) electrons. The topological polar surface area (TPSA) is 126 Å². The van der Waals surface area contributed by atoms with Gasteiger partial charge in [-0.1, -0.05) is 6.07 Å². The van der Waals surface area contributed by atoms with Crippen molar-refractivity contribution in [1.82, 2.24) is 20.0 Å². The second-order valence-electron chi connectivity index (χ2n) is 9.61. The normalized spacial score (nSPS) is 15.8. The van der Waals surface area contributed by atoms with Gasteiger partial charge in [0, 0.05) is 13.1 Å². The highest BCUT2D eigenvalue weighted by Crippen LogP contribution is 2.29. The molecule has 1 aliphatic heterocycles. The Morgan fingerprint density at radius 1 is 1.24 bits per heavy atom. The van der Waals surface area contributed by atoms with Crippen molar-refractivity contribution in [2.24, 2.45) is 7.05 Å². The maximum Gasteiger partial charge on any atom is 0.407 e. The third-order valence-electron chi connectivity index (χ3n) is 5.44. The molecule has 1 aromatic heterocycles. The van der Waals surface area contributed by atoms with Crippen molar-refractivity contribution in [2.75, 3.05) is 18.4 Å². The van der Waals surface area contributed by atoms with Gasteiger partial charge >= 0.3 is 6.09 Å². The van der Waals surface area contributed by atoms with Gasteiger partial charge in [-0.15, -0.1) is 0 Å². The molecule has 3 rings (SSSR count). The lowest BCUT2D eigenvalue weighted by Gasteiger charge is -2.49. The third kappa shape index (κ3) is 5.53.